The Morgan fingerprint density at radius 3 is 2.29 bits per heavy atom. The summed E-state index contributed by atoms with van der Waals surface area (Å²) >= 11 is 0.610. The Kier molecular flexibility index (Phi) is 3.08. The number of carbonyl (C=O) groups is 1. The van der Waals surface area contributed by atoms with Gasteiger partial charge in [0.25, 0.3) is 0 Å². The molecule has 0 saturated heterocycles. The average molecular weight is 163 g/mol. The van der Waals surface area contributed by atoms with Crippen LogP contribution in [0.3, 0.4) is 0 Å². The van der Waals surface area contributed by atoms with Crippen molar-refractivity contribution in [1.82, 2.24) is 0 Å². The van der Waals surface area contributed by atoms with Crippen molar-refractivity contribution in [3.63, 3.8) is 0 Å². The van der Waals surface area contributed by atoms with Crippen molar-refractivity contribution in [3.8, 4) is 0 Å². The molecule has 0 aliphatic carbocycles. The van der Waals surface area contributed by atoms with Crippen LogP contribution in [0.5, 0.6) is 0 Å². The first-order chi connectivity index (χ1) is 3.13. The third kappa shape index (κ3) is 6.01. The van der Waals surface area contributed by atoms with Crippen LogP contribution in [0.25, 0.3) is 0 Å². The van der Waals surface area contributed by atoms with E-state index in [-0.39, 0.29) is 10.9 Å². The molecule has 0 aliphatic heterocycles. The summed E-state index contributed by atoms with van der Waals surface area (Å²) in [6.45, 7) is 3.34. The molecule has 0 N–H and O–H groups in total. The van der Waals surface area contributed by atoms with Crippen molar-refractivity contribution in [3.05, 3.63) is 0 Å². The van der Waals surface area contributed by atoms with Gasteiger partial charge in [-0.1, -0.05) is 0 Å². The van der Waals surface area contributed by atoms with Crippen molar-refractivity contribution in [1.29, 1.82) is 0 Å². The van der Waals surface area contributed by atoms with Crippen LogP contribution in [-0.4, -0.2) is 27.4 Å². The molecule has 3 heteroatoms. The summed E-state index contributed by atoms with van der Waals surface area (Å²) in [4.78, 5) is 10.3. The number of hydrogen-bond acceptors (Lipinski definition) is 2. The third-order valence-electron chi connectivity index (χ3n) is 0.402. The summed E-state index contributed by atoms with van der Waals surface area (Å²) in [6, 6.07) is 0. The van der Waals surface area contributed by atoms with E-state index in [4.69, 9.17) is 4.74 Å². The van der Waals surface area contributed by atoms with Crippen molar-refractivity contribution < 1.29 is 9.53 Å². The van der Waals surface area contributed by atoms with Crippen LogP contribution in [-0.2, 0) is 9.53 Å². The van der Waals surface area contributed by atoms with E-state index in [1.807, 2.05) is 6.92 Å². The summed E-state index contributed by atoms with van der Waals surface area (Å²) in [5, 5.41) is 0. The predicted octanol–water partition coefficient (Wildman–Crippen LogP) is -0.739. The normalized spacial score (nSPS) is 13.4. The van der Waals surface area contributed by atoms with E-state index < -0.39 is 0 Å². The van der Waals surface area contributed by atoms with Gasteiger partial charge in [-0.3, -0.25) is 0 Å². The van der Waals surface area contributed by atoms with Gasteiger partial charge in [0.15, 0.2) is 0 Å². The molecule has 0 spiro atoms. The van der Waals surface area contributed by atoms with Gasteiger partial charge < -0.3 is 0 Å². The van der Waals surface area contributed by atoms with E-state index in [1.165, 1.54) is 6.92 Å². The number of carbonyl (C=O) groups excluding carboxylic acids is 1. The molecule has 0 heterocycles. The predicted molar refractivity (Wildman–Crippen MR) is 31.2 cm³/mol. The molecule has 0 bridgehead atoms. The van der Waals surface area contributed by atoms with E-state index in [0.717, 1.165) is 0 Å². The molecule has 0 aliphatic rings. The van der Waals surface area contributed by atoms with Gasteiger partial charge in [-0.05, 0) is 0 Å². The fraction of sp³-hybridized carbons (Fsp3) is 0.750. The van der Waals surface area contributed by atoms with Crippen LogP contribution >= 0.6 is 0 Å². The van der Waals surface area contributed by atoms with E-state index >= 15 is 0 Å². The molecule has 0 aromatic carbocycles. The first-order valence-corrected chi connectivity index (χ1v) is 4.72. The van der Waals surface area contributed by atoms with Crippen molar-refractivity contribution in [2.75, 3.05) is 0 Å². The van der Waals surface area contributed by atoms with Gasteiger partial charge in [0.1, 0.15) is 0 Å². The molecule has 0 aromatic rings. The van der Waals surface area contributed by atoms with E-state index in [2.05, 4.69) is 0 Å². The zero-order valence-corrected chi connectivity index (χ0v) is 9.09. The van der Waals surface area contributed by atoms with Crippen LogP contribution in [0, 0.1) is 0 Å². The van der Waals surface area contributed by atoms with Crippen molar-refractivity contribution in [2.45, 2.75) is 18.8 Å². The van der Waals surface area contributed by atoms with Gasteiger partial charge in [-0.2, -0.15) is 0 Å². The monoisotopic (exact) mass is 164 g/mol. The number of ether oxygens (including phenoxy) is 1. The molecule has 0 saturated carbocycles. The van der Waals surface area contributed by atoms with Gasteiger partial charge in [-0.15, -0.1) is 0 Å². The Bertz CT molecular complexity index is 70.1. The van der Waals surface area contributed by atoms with Gasteiger partial charge in [0.05, 0.1) is 0 Å². The van der Waals surface area contributed by atoms with Crippen molar-refractivity contribution >= 4 is 22.5 Å². The van der Waals surface area contributed by atoms with Crippen LogP contribution in [0.4, 0.5) is 0 Å². The molecular weight excluding hydrogens is 153 g/mol. The molecule has 7 heavy (non-hydrogen) atoms. The van der Waals surface area contributed by atoms with Crippen LogP contribution in [0.15, 0.2) is 0 Å². The molecular formula is C4H10GeO2. The van der Waals surface area contributed by atoms with Crippen LogP contribution in [0.2, 0.25) is 0 Å². The second kappa shape index (κ2) is 3.07. The Morgan fingerprint density at radius 2 is 2.29 bits per heavy atom. The van der Waals surface area contributed by atoms with Gasteiger partial charge in [0, 0.05) is 0 Å². The fourth-order valence-electron chi connectivity index (χ4n) is 0.332. The molecule has 0 rings (SSSR count). The average Bonchev–Trinajstić information content (AvgIpc) is 1.27. The second-order valence-electron chi connectivity index (χ2n) is 1.66. The molecule has 1 unspecified atom stereocenters. The third-order valence-corrected chi connectivity index (χ3v) is 0.896. The van der Waals surface area contributed by atoms with Gasteiger partial charge in [-0.25, -0.2) is 0 Å². The first kappa shape index (κ1) is 7.01. The van der Waals surface area contributed by atoms with Crippen LogP contribution < -0.4 is 0 Å². The maximum absolute atomic E-state index is 10.1. The summed E-state index contributed by atoms with van der Waals surface area (Å²) in [7, 11) is 0. The van der Waals surface area contributed by atoms with Crippen molar-refractivity contribution in [2.24, 2.45) is 0 Å². The summed E-state index contributed by atoms with van der Waals surface area (Å²) < 4.78 is 4.69. The van der Waals surface area contributed by atoms with E-state index in [9.17, 15) is 4.79 Å². The summed E-state index contributed by atoms with van der Waals surface area (Å²) in [6.07, 6.45) is 0. The van der Waals surface area contributed by atoms with Crippen LogP contribution in [0.1, 0.15) is 13.8 Å². The Balaban J connectivity index is 3.13. The molecule has 0 fully saturated rings. The molecule has 2 nitrogen and oxygen atoms in total. The molecule has 1 atom stereocenters. The van der Waals surface area contributed by atoms with Gasteiger partial charge >= 0.3 is 50.8 Å². The first-order valence-electron chi connectivity index (χ1n) is 2.30. The zero-order valence-electron chi connectivity index (χ0n) is 4.89. The minimum atomic E-state index is -0.166. The Morgan fingerprint density at radius 1 is 1.86 bits per heavy atom. The van der Waals surface area contributed by atoms with Gasteiger partial charge in [0.2, 0.25) is 0 Å². The number of rotatable bonds is 1. The summed E-state index contributed by atoms with van der Waals surface area (Å²) in [5.41, 5.74) is 0. The topological polar surface area (TPSA) is 26.3 Å². The minimum absolute atomic E-state index is 0.166. The summed E-state index contributed by atoms with van der Waals surface area (Å²) in [5.74, 6) is -0.166. The quantitative estimate of drug-likeness (QED) is 0.375. The second-order valence-corrected chi connectivity index (χ2v) is 5.07. The number of esters is 1. The molecule has 0 aromatic heterocycles. The number of hydrogen-bond donors (Lipinski definition) is 0. The molecule has 0 radical (unpaired) electrons. The van der Waals surface area contributed by atoms with E-state index in [1.54, 1.807) is 0 Å². The fourth-order valence-corrected chi connectivity index (χ4v) is 1.03. The maximum atomic E-state index is 10.1. The standard InChI is InChI=1S/C4H10GeO2/c1-3(5)7-4(2)6/h3H,1-2,5H3. The Hall–Kier alpha value is 0.0129. The van der Waals surface area contributed by atoms with E-state index in [0.29, 0.717) is 16.5 Å². The molecule has 42 valence electrons. The molecule has 0 amide bonds. The SMILES string of the molecule is CC(=O)O[CH](C)[GeH3]. The zero-order chi connectivity index (χ0) is 5.86. The Labute approximate surface area is 51.5 Å².